The molecule has 2 N–H and O–H groups in total. The van der Waals surface area contributed by atoms with Crippen molar-refractivity contribution in [3.63, 3.8) is 0 Å². The Morgan fingerprint density at radius 1 is 0.625 bits per heavy atom. The smallest absolute Gasteiger partial charge is 0.508 e. The first-order valence-corrected chi connectivity index (χ1v) is 4.80. The fraction of sp³-hybridized carbons (Fsp3) is 0.0769. The molecule has 0 aliphatic carbocycles. The zero-order valence-electron chi connectivity index (χ0n) is 9.22. The molecule has 2 rings (SSSR count). The van der Waals surface area contributed by atoms with Gasteiger partial charge in [-0.15, -0.1) is 0 Å². The largest absolute Gasteiger partial charge is 1.00 e. The molecule has 0 heterocycles. The number of rotatable bonds is 2. The average molecular weight is 223 g/mol. The molecule has 0 radical (unpaired) electrons. The summed E-state index contributed by atoms with van der Waals surface area (Å²) >= 11 is 0. The first-order chi connectivity index (χ1) is 7.24. The topological polar surface area (TPSA) is 40.5 Å². The first kappa shape index (κ1) is 13.1. The second-order valence-electron chi connectivity index (χ2n) is 3.51. The minimum Gasteiger partial charge on any atom is -0.508 e. The number of phenols is 2. The molecule has 0 fully saturated rings. The minimum absolute atomic E-state index is 0. The van der Waals surface area contributed by atoms with E-state index in [0.717, 1.165) is 17.5 Å². The molecule has 0 spiro atoms. The van der Waals surface area contributed by atoms with E-state index in [1.807, 2.05) is 24.3 Å². The van der Waals surface area contributed by atoms with Gasteiger partial charge in [0.1, 0.15) is 11.5 Å². The summed E-state index contributed by atoms with van der Waals surface area (Å²) in [5.41, 5.74) is 2.27. The minimum atomic E-state index is 0. The maximum absolute atomic E-state index is 9.13. The van der Waals surface area contributed by atoms with E-state index in [4.69, 9.17) is 10.2 Å². The first-order valence-electron chi connectivity index (χ1n) is 4.80. The van der Waals surface area contributed by atoms with Crippen LogP contribution in [0.2, 0.25) is 0 Å². The van der Waals surface area contributed by atoms with Crippen LogP contribution in [0.3, 0.4) is 0 Å². The third kappa shape index (κ3) is 3.56. The van der Waals surface area contributed by atoms with Crippen LogP contribution in [0.15, 0.2) is 48.5 Å². The van der Waals surface area contributed by atoms with Crippen LogP contribution in [0.1, 0.15) is 11.1 Å². The van der Waals surface area contributed by atoms with Crippen LogP contribution in [0.4, 0.5) is 0 Å². The standard InChI is InChI=1S/C13H12O2.Na/c14-12-5-1-10(2-6-12)9-11-3-7-13(15)8-4-11;/h1-8,14-15H,9H2;/q;+1. The Hall–Kier alpha value is -0.960. The van der Waals surface area contributed by atoms with Crippen LogP contribution < -0.4 is 29.6 Å². The van der Waals surface area contributed by atoms with Gasteiger partial charge in [0, 0.05) is 0 Å². The van der Waals surface area contributed by atoms with Crippen molar-refractivity contribution < 1.29 is 39.8 Å². The Morgan fingerprint density at radius 3 is 1.25 bits per heavy atom. The van der Waals surface area contributed by atoms with Crippen LogP contribution >= 0.6 is 0 Å². The quantitative estimate of drug-likeness (QED) is 0.686. The summed E-state index contributed by atoms with van der Waals surface area (Å²) in [7, 11) is 0. The molecule has 0 saturated heterocycles. The van der Waals surface area contributed by atoms with Gasteiger partial charge in [-0.1, -0.05) is 24.3 Å². The molecule has 0 aromatic heterocycles. The third-order valence-corrected chi connectivity index (χ3v) is 2.28. The van der Waals surface area contributed by atoms with Gasteiger partial charge >= 0.3 is 29.6 Å². The molecule has 0 atom stereocenters. The van der Waals surface area contributed by atoms with Gasteiger partial charge in [0.05, 0.1) is 0 Å². The van der Waals surface area contributed by atoms with Crippen molar-refractivity contribution >= 4 is 0 Å². The number of hydrogen-bond donors (Lipinski definition) is 2. The summed E-state index contributed by atoms with van der Waals surface area (Å²) in [6.07, 6.45) is 0.806. The van der Waals surface area contributed by atoms with E-state index in [0.29, 0.717) is 0 Å². The predicted molar refractivity (Wildman–Crippen MR) is 59.0 cm³/mol. The van der Waals surface area contributed by atoms with Gasteiger partial charge in [-0.25, -0.2) is 0 Å². The molecular weight excluding hydrogens is 211 g/mol. The molecule has 2 aromatic rings. The van der Waals surface area contributed by atoms with E-state index in [-0.39, 0.29) is 41.1 Å². The van der Waals surface area contributed by atoms with Gasteiger partial charge in [0.15, 0.2) is 0 Å². The summed E-state index contributed by atoms with van der Waals surface area (Å²) < 4.78 is 0. The molecular formula is C13H12NaO2+. The zero-order valence-corrected chi connectivity index (χ0v) is 11.2. The Morgan fingerprint density at radius 2 is 0.938 bits per heavy atom. The van der Waals surface area contributed by atoms with Crippen LogP contribution in [-0.4, -0.2) is 10.2 Å². The third-order valence-electron chi connectivity index (χ3n) is 2.28. The van der Waals surface area contributed by atoms with Crippen molar-refractivity contribution in [3.05, 3.63) is 59.7 Å². The van der Waals surface area contributed by atoms with Crippen molar-refractivity contribution in [1.29, 1.82) is 0 Å². The molecule has 0 saturated carbocycles. The number of aromatic hydroxyl groups is 2. The van der Waals surface area contributed by atoms with E-state index >= 15 is 0 Å². The molecule has 0 aliphatic rings. The summed E-state index contributed by atoms with van der Waals surface area (Å²) in [5, 5.41) is 18.3. The Kier molecular flexibility index (Phi) is 4.87. The van der Waals surface area contributed by atoms with Crippen LogP contribution in [0.5, 0.6) is 11.5 Å². The van der Waals surface area contributed by atoms with E-state index in [2.05, 4.69) is 0 Å². The second kappa shape index (κ2) is 5.94. The van der Waals surface area contributed by atoms with Gasteiger partial charge in [-0.3, -0.25) is 0 Å². The molecule has 3 heteroatoms. The molecule has 16 heavy (non-hydrogen) atoms. The van der Waals surface area contributed by atoms with Crippen LogP contribution in [0.25, 0.3) is 0 Å². The molecule has 0 bridgehead atoms. The maximum atomic E-state index is 9.13. The van der Waals surface area contributed by atoms with E-state index in [1.54, 1.807) is 24.3 Å². The Bertz CT molecular complexity index is 391. The van der Waals surface area contributed by atoms with E-state index in [1.165, 1.54) is 0 Å². The predicted octanol–water partition coefficient (Wildman–Crippen LogP) is -0.307. The van der Waals surface area contributed by atoms with Crippen molar-refractivity contribution in [3.8, 4) is 11.5 Å². The zero-order chi connectivity index (χ0) is 10.7. The molecule has 0 unspecified atom stereocenters. The van der Waals surface area contributed by atoms with Crippen molar-refractivity contribution in [2.24, 2.45) is 0 Å². The summed E-state index contributed by atoms with van der Waals surface area (Å²) in [6, 6.07) is 14.3. The van der Waals surface area contributed by atoms with Crippen molar-refractivity contribution in [2.75, 3.05) is 0 Å². The van der Waals surface area contributed by atoms with Crippen LogP contribution in [-0.2, 0) is 6.42 Å². The van der Waals surface area contributed by atoms with Crippen LogP contribution in [0, 0.1) is 0 Å². The van der Waals surface area contributed by atoms with E-state index in [9.17, 15) is 0 Å². The van der Waals surface area contributed by atoms with Gasteiger partial charge in [-0.05, 0) is 41.8 Å². The van der Waals surface area contributed by atoms with Gasteiger partial charge < -0.3 is 10.2 Å². The summed E-state index contributed by atoms with van der Waals surface area (Å²) in [6.45, 7) is 0. The molecule has 2 aromatic carbocycles. The van der Waals surface area contributed by atoms with Gasteiger partial charge in [0.25, 0.3) is 0 Å². The van der Waals surface area contributed by atoms with Crippen molar-refractivity contribution in [2.45, 2.75) is 6.42 Å². The van der Waals surface area contributed by atoms with Crippen molar-refractivity contribution in [1.82, 2.24) is 0 Å². The fourth-order valence-corrected chi connectivity index (χ4v) is 1.46. The Labute approximate surface area is 117 Å². The molecule has 0 amide bonds. The summed E-state index contributed by atoms with van der Waals surface area (Å²) in [5.74, 6) is 0.564. The maximum Gasteiger partial charge on any atom is 1.00 e. The number of hydrogen-bond acceptors (Lipinski definition) is 2. The van der Waals surface area contributed by atoms with Gasteiger partial charge in [0.2, 0.25) is 0 Å². The van der Waals surface area contributed by atoms with Gasteiger partial charge in [-0.2, -0.15) is 0 Å². The normalized spacial score (nSPS) is 9.50. The second-order valence-corrected chi connectivity index (χ2v) is 3.51. The molecule has 76 valence electrons. The fourth-order valence-electron chi connectivity index (χ4n) is 1.46. The number of benzene rings is 2. The molecule has 2 nitrogen and oxygen atoms in total. The molecule has 0 aliphatic heterocycles. The number of phenolic OH excluding ortho intramolecular Hbond substituents is 2. The van der Waals surface area contributed by atoms with E-state index < -0.39 is 0 Å². The monoisotopic (exact) mass is 223 g/mol. The summed E-state index contributed by atoms with van der Waals surface area (Å²) in [4.78, 5) is 0. The Balaban J connectivity index is 0.00000128. The average Bonchev–Trinajstić information content (AvgIpc) is 2.25. The SMILES string of the molecule is Oc1ccc(Cc2ccc(O)cc2)cc1.[Na+].